The lowest BCUT2D eigenvalue weighted by atomic mass is 10.0. The number of nitrogens with zero attached hydrogens (tertiary/aromatic N) is 2. The molecule has 32 heavy (non-hydrogen) atoms. The van der Waals surface area contributed by atoms with Crippen molar-refractivity contribution < 1.29 is 14.4 Å². The number of hydrogen-bond donors (Lipinski definition) is 0. The van der Waals surface area contributed by atoms with Gasteiger partial charge in [-0.05, 0) is 53.9 Å². The van der Waals surface area contributed by atoms with Gasteiger partial charge in [0.1, 0.15) is 19.0 Å². The van der Waals surface area contributed by atoms with Crippen LogP contribution >= 0.6 is 11.6 Å². The Morgan fingerprint density at radius 3 is 2.72 bits per heavy atom. The van der Waals surface area contributed by atoms with E-state index in [1.807, 2.05) is 78.9 Å². The van der Waals surface area contributed by atoms with E-state index in [0.29, 0.717) is 23.8 Å². The van der Waals surface area contributed by atoms with Crippen LogP contribution in [-0.2, 0) is 29.3 Å². The van der Waals surface area contributed by atoms with Gasteiger partial charge in [-0.25, -0.2) is 4.98 Å². The first-order valence-corrected chi connectivity index (χ1v) is 10.8. The highest BCUT2D eigenvalue weighted by Gasteiger charge is 2.24. The fourth-order valence-electron chi connectivity index (χ4n) is 3.77. The third-order valence-corrected chi connectivity index (χ3v) is 5.64. The van der Waals surface area contributed by atoms with Gasteiger partial charge in [0, 0.05) is 16.8 Å². The summed E-state index contributed by atoms with van der Waals surface area (Å²) in [5.41, 5.74) is 4.51. The molecule has 5 rings (SSSR count). The Kier molecular flexibility index (Phi) is 5.75. The SMILES string of the molecule is O=C1CCc2ccccc2N1OCc1cccc(OCc2ccc3ccc(Cl)cc3n2)c1. The lowest BCUT2D eigenvalue weighted by Gasteiger charge is -2.28. The van der Waals surface area contributed by atoms with Crippen LogP contribution in [0.25, 0.3) is 10.9 Å². The van der Waals surface area contributed by atoms with Crippen molar-refractivity contribution in [2.45, 2.75) is 26.1 Å². The maximum atomic E-state index is 12.4. The highest BCUT2D eigenvalue weighted by molar-refractivity contribution is 6.31. The van der Waals surface area contributed by atoms with Gasteiger partial charge in [-0.1, -0.05) is 54.1 Å². The van der Waals surface area contributed by atoms with Crippen molar-refractivity contribution in [2.75, 3.05) is 5.06 Å². The second-order valence-electron chi connectivity index (χ2n) is 7.67. The van der Waals surface area contributed by atoms with E-state index in [2.05, 4.69) is 4.98 Å². The highest BCUT2D eigenvalue weighted by Crippen LogP contribution is 2.28. The van der Waals surface area contributed by atoms with E-state index in [1.165, 1.54) is 5.06 Å². The molecule has 0 saturated heterocycles. The first-order chi connectivity index (χ1) is 15.7. The van der Waals surface area contributed by atoms with Crippen LogP contribution < -0.4 is 9.80 Å². The van der Waals surface area contributed by atoms with Crippen molar-refractivity contribution in [3.63, 3.8) is 0 Å². The van der Waals surface area contributed by atoms with Crippen LogP contribution in [0.1, 0.15) is 23.2 Å². The lowest BCUT2D eigenvalue weighted by molar-refractivity contribution is -0.127. The predicted molar refractivity (Wildman–Crippen MR) is 125 cm³/mol. The Labute approximate surface area is 191 Å². The van der Waals surface area contributed by atoms with Crippen LogP contribution in [0.4, 0.5) is 5.69 Å². The molecular weight excluding hydrogens is 424 g/mol. The number of ether oxygens (including phenoxy) is 1. The molecule has 0 N–H and O–H groups in total. The minimum Gasteiger partial charge on any atom is -0.487 e. The molecule has 0 unspecified atom stereocenters. The van der Waals surface area contributed by atoms with Crippen LogP contribution in [0.2, 0.25) is 5.02 Å². The Morgan fingerprint density at radius 2 is 1.78 bits per heavy atom. The zero-order chi connectivity index (χ0) is 21.9. The Bertz CT molecular complexity index is 1290. The quantitative estimate of drug-likeness (QED) is 0.372. The zero-order valence-electron chi connectivity index (χ0n) is 17.3. The smallest absolute Gasteiger partial charge is 0.251 e. The number of para-hydroxylation sites is 1. The summed E-state index contributed by atoms with van der Waals surface area (Å²) in [5, 5.41) is 3.10. The molecule has 0 fully saturated rings. The fourth-order valence-corrected chi connectivity index (χ4v) is 3.94. The van der Waals surface area contributed by atoms with Crippen LogP contribution in [-0.4, -0.2) is 10.9 Å². The van der Waals surface area contributed by atoms with E-state index >= 15 is 0 Å². The number of hydroxylamine groups is 1. The van der Waals surface area contributed by atoms with Gasteiger partial charge < -0.3 is 4.74 Å². The van der Waals surface area contributed by atoms with Crippen LogP contribution in [0.15, 0.2) is 78.9 Å². The molecular formula is C26H21ClN2O3. The van der Waals surface area contributed by atoms with Gasteiger partial charge in [-0.3, -0.25) is 9.63 Å². The van der Waals surface area contributed by atoms with Crippen LogP contribution in [0, 0.1) is 0 Å². The molecule has 0 aliphatic carbocycles. The number of amides is 1. The Balaban J connectivity index is 1.25. The van der Waals surface area contributed by atoms with E-state index in [1.54, 1.807) is 0 Å². The summed E-state index contributed by atoms with van der Waals surface area (Å²) in [6, 6.07) is 25.1. The monoisotopic (exact) mass is 444 g/mol. The molecule has 0 saturated carbocycles. The van der Waals surface area contributed by atoms with E-state index in [0.717, 1.165) is 39.8 Å². The molecule has 2 heterocycles. The van der Waals surface area contributed by atoms with Crippen molar-refractivity contribution in [3.05, 3.63) is 101 Å². The average molecular weight is 445 g/mol. The predicted octanol–water partition coefficient (Wildman–Crippen LogP) is 5.88. The van der Waals surface area contributed by atoms with E-state index in [9.17, 15) is 4.79 Å². The number of pyridine rings is 1. The maximum absolute atomic E-state index is 12.4. The number of aromatic nitrogens is 1. The standard InChI is InChI=1S/C26H21ClN2O3/c27-21-11-8-19-9-12-22(28-24(19)15-21)17-31-23-6-3-4-18(14-23)16-32-29-25-7-2-1-5-20(25)10-13-26(29)30/h1-9,11-12,14-15H,10,13,16-17H2. The largest absolute Gasteiger partial charge is 0.487 e. The second-order valence-corrected chi connectivity index (χ2v) is 8.10. The third kappa shape index (κ3) is 4.44. The molecule has 5 nitrogen and oxygen atoms in total. The van der Waals surface area contributed by atoms with Crippen molar-refractivity contribution in [2.24, 2.45) is 0 Å². The molecule has 1 aliphatic rings. The third-order valence-electron chi connectivity index (χ3n) is 5.40. The van der Waals surface area contributed by atoms with Crippen molar-refractivity contribution in [3.8, 4) is 5.75 Å². The first kappa shape index (κ1) is 20.5. The van der Waals surface area contributed by atoms with Gasteiger partial charge in [0.15, 0.2) is 0 Å². The molecule has 0 bridgehead atoms. The number of benzene rings is 3. The zero-order valence-corrected chi connectivity index (χ0v) is 18.1. The molecule has 1 aromatic heterocycles. The molecule has 1 aliphatic heterocycles. The summed E-state index contributed by atoms with van der Waals surface area (Å²) >= 11 is 6.08. The number of carbonyl (C=O) groups excluding carboxylic acids is 1. The Morgan fingerprint density at radius 1 is 0.906 bits per heavy atom. The molecule has 4 aromatic rings. The molecule has 160 valence electrons. The average Bonchev–Trinajstić information content (AvgIpc) is 2.82. The number of carbonyl (C=O) groups is 1. The number of halogens is 1. The van der Waals surface area contributed by atoms with E-state index < -0.39 is 0 Å². The van der Waals surface area contributed by atoms with Gasteiger partial charge in [-0.2, -0.15) is 5.06 Å². The highest BCUT2D eigenvalue weighted by atomic mass is 35.5. The fraction of sp³-hybridized carbons (Fsp3) is 0.154. The minimum atomic E-state index is -0.0291. The number of anilines is 1. The second kappa shape index (κ2) is 8.99. The summed E-state index contributed by atoms with van der Waals surface area (Å²) in [6.45, 7) is 0.606. The number of fused-ring (bicyclic) bond motifs is 2. The number of rotatable bonds is 6. The van der Waals surface area contributed by atoms with Crippen LogP contribution in [0.5, 0.6) is 5.75 Å². The number of aryl methyl sites for hydroxylation is 1. The summed E-state index contributed by atoms with van der Waals surface area (Å²) < 4.78 is 5.95. The number of hydrogen-bond acceptors (Lipinski definition) is 4. The van der Waals surface area contributed by atoms with Gasteiger partial charge in [0.05, 0.1) is 16.9 Å². The molecule has 6 heteroatoms. The van der Waals surface area contributed by atoms with Gasteiger partial charge in [0.2, 0.25) is 0 Å². The minimum absolute atomic E-state index is 0.0291. The molecule has 1 amide bonds. The summed E-state index contributed by atoms with van der Waals surface area (Å²) in [6.07, 6.45) is 1.19. The molecule has 0 radical (unpaired) electrons. The normalized spacial score (nSPS) is 13.3. The first-order valence-electron chi connectivity index (χ1n) is 10.5. The van der Waals surface area contributed by atoms with Crippen molar-refractivity contribution >= 4 is 34.1 Å². The van der Waals surface area contributed by atoms with Gasteiger partial charge in [0.25, 0.3) is 5.91 Å². The summed E-state index contributed by atoms with van der Waals surface area (Å²) in [7, 11) is 0. The Hall–Kier alpha value is -3.41. The lowest BCUT2D eigenvalue weighted by Crippen LogP contribution is -2.35. The molecule has 0 spiro atoms. The van der Waals surface area contributed by atoms with Crippen molar-refractivity contribution in [1.29, 1.82) is 0 Å². The molecule has 3 aromatic carbocycles. The maximum Gasteiger partial charge on any atom is 0.251 e. The van der Waals surface area contributed by atoms with Gasteiger partial charge >= 0.3 is 0 Å². The summed E-state index contributed by atoms with van der Waals surface area (Å²) in [5.74, 6) is 0.683. The van der Waals surface area contributed by atoms with E-state index in [4.69, 9.17) is 21.2 Å². The topological polar surface area (TPSA) is 51.7 Å². The summed E-state index contributed by atoms with van der Waals surface area (Å²) in [4.78, 5) is 22.9. The van der Waals surface area contributed by atoms with Crippen molar-refractivity contribution in [1.82, 2.24) is 4.98 Å². The van der Waals surface area contributed by atoms with Gasteiger partial charge in [-0.15, -0.1) is 0 Å². The van der Waals surface area contributed by atoms with Crippen LogP contribution in [0.3, 0.4) is 0 Å². The van der Waals surface area contributed by atoms with E-state index in [-0.39, 0.29) is 12.5 Å². The molecule has 0 atom stereocenters.